The van der Waals surface area contributed by atoms with E-state index in [-0.39, 0.29) is 0 Å². The third kappa shape index (κ3) is 4.13. The van der Waals surface area contributed by atoms with Gasteiger partial charge in [0.15, 0.2) is 0 Å². The van der Waals surface area contributed by atoms with E-state index in [9.17, 15) is 0 Å². The van der Waals surface area contributed by atoms with E-state index < -0.39 is 0 Å². The van der Waals surface area contributed by atoms with Crippen molar-refractivity contribution >= 4 is 5.69 Å². The molecule has 1 fully saturated rings. The zero-order chi connectivity index (χ0) is 15.3. The van der Waals surface area contributed by atoms with Gasteiger partial charge in [0.25, 0.3) is 0 Å². The van der Waals surface area contributed by atoms with E-state index in [2.05, 4.69) is 49.4 Å². The molecule has 1 N–H and O–H groups in total. The maximum absolute atomic E-state index is 5.35. The molecule has 0 radical (unpaired) electrons. The van der Waals surface area contributed by atoms with E-state index in [0.29, 0.717) is 5.41 Å². The molecule has 3 nitrogen and oxygen atoms in total. The standard InChI is InChI=1S/C18H30N2O/c1-15-7-6-10-18(12-15,13-19-2)14-20(3)16-8-5-9-17(11-16)21-4/h5,8-9,11,15,19H,6-7,10,12-14H2,1-4H3. The molecule has 21 heavy (non-hydrogen) atoms. The first kappa shape index (κ1) is 16.2. The van der Waals surface area contributed by atoms with Gasteiger partial charge in [0.05, 0.1) is 7.11 Å². The van der Waals surface area contributed by atoms with Gasteiger partial charge in [-0.1, -0.05) is 25.8 Å². The summed E-state index contributed by atoms with van der Waals surface area (Å²) < 4.78 is 5.35. The Morgan fingerprint density at radius 2 is 2.24 bits per heavy atom. The lowest BCUT2D eigenvalue weighted by atomic mass is 9.69. The largest absolute Gasteiger partial charge is 0.497 e. The maximum Gasteiger partial charge on any atom is 0.120 e. The van der Waals surface area contributed by atoms with Gasteiger partial charge in [-0.2, -0.15) is 0 Å². The number of ether oxygens (including phenoxy) is 1. The molecule has 0 spiro atoms. The molecule has 3 heteroatoms. The molecule has 0 bridgehead atoms. The molecule has 1 aliphatic carbocycles. The van der Waals surface area contributed by atoms with E-state index in [0.717, 1.165) is 24.8 Å². The topological polar surface area (TPSA) is 24.5 Å². The van der Waals surface area contributed by atoms with Gasteiger partial charge in [0.2, 0.25) is 0 Å². The Morgan fingerprint density at radius 1 is 1.43 bits per heavy atom. The fourth-order valence-electron chi connectivity index (χ4n) is 3.95. The van der Waals surface area contributed by atoms with Gasteiger partial charge < -0.3 is 15.0 Å². The first-order valence-corrected chi connectivity index (χ1v) is 8.08. The third-order valence-corrected chi connectivity index (χ3v) is 4.80. The van der Waals surface area contributed by atoms with Crippen LogP contribution in [0.5, 0.6) is 5.75 Å². The van der Waals surface area contributed by atoms with Crippen LogP contribution < -0.4 is 15.0 Å². The van der Waals surface area contributed by atoms with Crippen LogP contribution in [-0.4, -0.2) is 34.3 Å². The molecule has 118 valence electrons. The number of nitrogens with zero attached hydrogens (tertiary/aromatic N) is 1. The number of nitrogens with one attached hydrogen (secondary N) is 1. The van der Waals surface area contributed by atoms with E-state index >= 15 is 0 Å². The van der Waals surface area contributed by atoms with Crippen molar-refractivity contribution in [2.45, 2.75) is 32.6 Å². The normalized spacial score (nSPS) is 25.6. The highest BCUT2D eigenvalue weighted by molar-refractivity contribution is 5.50. The first-order chi connectivity index (χ1) is 10.1. The van der Waals surface area contributed by atoms with E-state index in [1.807, 2.05) is 6.07 Å². The van der Waals surface area contributed by atoms with Crippen molar-refractivity contribution in [3.05, 3.63) is 24.3 Å². The van der Waals surface area contributed by atoms with Gasteiger partial charge in [-0.05, 0) is 37.9 Å². The summed E-state index contributed by atoms with van der Waals surface area (Å²) in [5, 5.41) is 3.43. The van der Waals surface area contributed by atoms with Crippen molar-refractivity contribution in [2.75, 3.05) is 39.2 Å². The molecule has 2 atom stereocenters. The summed E-state index contributed by atoms with van der Waals surface area (Å²) in [6, 6.07) is 8.36. The monoisotopic (exact) mass is 290 g/mol. The number of anilines is 1. The summed E-state index contributed by atoms with van der Waals surface area (Å²) >= 11 is 0. The predicted octanol–water partition coefficient (Wildman–Crippen LogP) is 3.55. The Hall–Kier alpha value is -1.22. The molecule has 1 aromatic carbocycles. The fraction of sp³-hybridized carbons (Fsp3) is 0.667. The molecule has 0 amide bonds. The fourth-order valence-corrected chi connectivity index (χ4v) is 3.95. The molecule has 1 aromatic rings. The number of hydrogen-bond donors (Lipinski definition) is 1. The Bertz CT molecular complexity index is 445. The van der Waals surface area contributed by atoms with Gasteiger partial charge in [0.1, 0.15) is 5.75 Å². The summed E-state index contributed by atoms with van der Waals surface area (Å²) in [6.45, 7) is 4.60. The lowest BCUT2D eigenvalue weighted by Crippen LogP contribution is -2.45. The number of rotatable bonds is 6. The summed E-state index contributed by atoms with van der Waals surface area (Å²) in [7, 11) is 6.00. The average Bonchev–Trinajstić information content (AvgIpc) is 2.47. The maximum atomic E-state index is 5.35. The highest BCUT2D eigenvalue weighted by Gasteiger charge is 2.35. The van der Waals surface area contributed by atoms with Crippen LogP contribution in [0.15, 0.2) is 24.3 Å². The molecule has 0 aliphatic heterocycles. The van der Waals surface area contributed by atoms with Crippen LogP contribution in [0, 0.1) is 11.3 Å². The summed E-state index contributed by atoms with van der Waals surface area (Å²) in [6.07, 6.45) is 5.39. The quantitative estimate of drug-likeness (QED) is 0.867. The van der Waals surface area contributed by atoms with Gasteiger partial charge in [0, 0.05) is 37.3 Å². The minimum absolute atomic E-state index is 0.393. The summed E-state index contributed by atoms with van der Waals surface area (Å²) in [5.74, 6) is 1.77. The molecule has 0 heterocycles. The highest BCUT2D eigenvalue weighted by Crippen LogP contribution is 2.40. The lowest BCUT2D eigenvalue weighted by Gasteiger charge is -2.43. The van der Waals surface area contributed by atoms with Crippen LogP contribution in [0.25, 0.3) is 0 Å². The van der Waals surface area contributed by atoms with Crippen LogP contribution >= 0.6 is 0 Å². The number of benzene rings is 1. The highest BCUT2D eigenvalue weighted by atomic mass is 16.5. The molecular weight excluding hydrogens is 260 g/mol. The van der Waals surface area contributed by atoms with Gasteiger partial charge in [-0.3, -0.25) is 0 Å². The van der Waals surface area contributed by atoms with Crippen molar-refractivity contribution in [1.82, 2.24) is 5.32 Å². The molecule has 1 saturated carbocycles. The minimum atomic E-state index is 0.393. The molecular formula is C18H30N2O. The zero-order valence-electron chi connectivity index (χ0n) is 14.0. The molecule has 0 aromatic heterocycles. The first-order valence-electron chi connectivity index (χ1n) is 8.08. The van der Waals surface area contributed by atoms with E-state index in [4.69, 9.17) is 4.74 Å². The molecule has 2 unspecified atom stereocenters. The van der Waals surface area contributed by atoms with Crippen LogP contribution in [0.2, 0.25) is 0 Å². The van der Waals surface area contributed by atoms with Gasteiger partial charge in [-0.15, -0.1) is 0 Å². The average molecular weight is 290 g/mol. The zero-order valence-corrected chi connectivity index (χ0v) is 14.0. The third-order valence-electron chi connectivity index (χ3n) is 4.80. The Morgan fingerprint density at radius 3 is 2.90 bits per heavy atom. The molecule has 2 rings (SSSR count). The second-order valence-electron chi connectivity index (χ2n) is 6.79. The van der Waals surface area contributed by atoms with Crippen molar-refractivity contribution < 1.29 is 4.74 Å². The van der Waals surface area contributed by atoms with Crippen LogP contribution in [0.4, 0.5) is 5.69 Å². The second-order valence-corrected chi connectivity index (χ2v) is 6.79. The Balaban J connectivity index is 2.11. The Labute approximate surface area is 129 Å². The summed E-state index contributed by atoms with van der Waals surface area (Å²) in [4.78, 5) is 2.39. The molecule has 1 aliphatic rings. The van der Waals surface area contributed by atoms with Crippen molar-refractivity contribution in [1.29, 1.82) is 0 Å². The van der Waals surface area contributed by atoms with Crippen LogP contribution in [-0.2, 0) is 0 Å². The predicted molar refractivity (Wildman–Crippen MR) is 90.3 cm³/mol. The SMILES string of the molecule is CNCC1(CN(C)c2cccc(OC)c2)CCCC(C)C1. The van der Waals surface area contributed by atoms with Gasteiger partial charge >= 0.3 is 0 Å². The Kier molecular flexibility index (Phi) is 5.51. The van der Waals surface area contributed by atoms with Crippen molar-refractivity contribution in [2.24, 2.45) is 11.3 Å². The lowest BCUT2D eigenvalue weighted by molar-refractivity contribution is 0.152. The minimum Gasteiger partial charge on any atom is -0.497 e. The summed E-state index contributed by atoms with van der Waals surface area (Å²) in [5.41, 5.74) is 1.63. The smallest absolute Gasteiger partial charge is 0.120 e. The van der Waals surface area contributed by atoms with Crippen LogP contribution in [0.3, 0.4) is 0 Å². The van der Waals surface area contributed by atoms with E-state index in [1.165, 1.54) is 31.4 Å². The van der Waals surface area contributed by atoms with Crippen molar-refractivity contribution in [3.63, 3.8) is 0 Å². The van der Waals surface area contributed by atoms with Crippen molar-refractivity contribution in [3.8, 4) is 5.75 Å². The van der Waals surface area contributed by atoms with E-state index in [1.54, 1.807) is 7.11 Å². The number of methoxy groups -OCH3 is 1. The molecule has 0 saturated heterocycles. The van der Waals surface area contributed by atoms with Crippen LogP contribution in [0.1, 0.15) is 32.6 Å². The second kappa shape index (κ2) is 7.17. The van der Waals surface area contributed by atoms with Gasteiger partial charge in [-0.25, -0.2) is 0 Å². The number of hydrogen-bond acceptors (Lipinski definition) is 3.